The summed E-state index contributed by atoms with van der Waals surface area (Å²) in [5.74, 6) is -0.906. The molecule has 0 heterocycles. The zero-order chi connectivity index (χ0) is 11.3. The highest BCUT2D eigenvalue weighted by Crippen LogP contribution is 2.16. The molecule has 0 radical (unpaired) electrons. The second-order valence-corrected chi connectivity index (χ2v) is 4.53. The predicted molar refractivity (Wildman–Crippen MR) is 63.9 cm³/mol. The molecule has 0 saturated carbocycles. The molecular formula is C12H15BrO2. The molecule has 0 aliphatic heterocycles. The molecule has 0 saturated heterocycles. The van der Waals surface area contributed by atoms with E-state index < -0.39 is 5.97 Å². The van der Waals surface area contributed by atoms with Crippen LogP contribution in [0.4, 0.5) is 0 Å². The summed E-state index contributed by atoms with van der Waals surface area (Å²) in [6, 6.07) is 8.01. The quantitative estimate of drug-likeness (QED) is 0.890. The number of aliphatic carboxylic acids is 1. The van der Waals surface area contributed by atoms with Crippen molar-refractivity contribution in [2.45, 2.75) is 26.2 Å². The number of aryl methyl sites for hydroxylation is 1. The van der Waals surface area contributed by atoms with Crippen LogP contribution >= 0.6 is 15.9 Å². The van der Waals surface area contributed by atoms with Gasteiger partial charge in [-0.15, -0.1) is 0 Å². The highest BCUT2D eigenvalue weighted by Gasteiger charge is 2.14. The van der Waals surface area contributed by atoms with E-state index in [1.54, 1.807) is 0 Å². The van der Waals surface area contributed by atoms with Gasteiger partial charge in [-0.25, -0.2) is 0 Å². The Morgan fingerprint density at radius 1 is 1.53 bits per heavy atom. The summed E-state index contributed by atoms with van der Waals surface area (Å²) in [5.41, 5.74) is 1.18. The van der Waals surface area contributed by atoms with Crippen LogP contribution in [0.25, 0.3) is 0 Å². The van der Waals surface area contributed by atoms with Gasteiger partial charge in [0.2, 0.25) is 0 Å². The van der Waals surface area contributed by atoms with Crippen LogP contribution in [0.2, 0.25) is 0 Å². The second-order valence-electron chi connectivity index (χ2n) is 3.61. The third-order valence-electron chi connectivity index (χ3n) is 2.51. The molecule has 0 bridgehead atoms. The van der Waals surface area contributed by atoms with E-state index in [1.807, 2.05) is 31.2 Å². The molecule has 0 aliphatic rings. The van der Waals surface area contributed by atoms with E-state index in [1.165, 1.54) is 5.56 Å². The molecule has 82 valence electrons. The first-order valence-electron chi connectivity index (χ1n) is 5.10. The average molecular weight is 271 g/mol. The van der Waals surface area contributed by atoms with E-state index in [0.29, 0.717) is 12.8 Å². The number of carboxylic acids is 1. The topological polar surface area (TPSA) is 37.3 Å². The molecule has 0 spiro atoms. The maximum absolute atomic E-state index is 10.8. The van der Waals surface area contributed by atoms with Gasteiger partial charge in [0.1, 0.15) is 0 Å². The average Bonchev–Trinajstić information content (AvgIpc) is 2.18. The van der Waals surface area contributed by atoms with Crippen molar-refractivity contribution in [3.05, 3.63) is 34.3 Å². The molecule has 1 aromatic carbocycles. The van der Waals surface area contributed by atoms with Gasteiger partial charge < -0.3 is 5.11 Å². The van der Waals surface area contributed by atoms with Crippen LogP contribution < -0.4 is 0 Å². The fourth-order valence-electron chi connectivity index (χ4n) is 1.54. The molecule has 0 aliphatic carbocycles. The van der Waals surface area contributed by atoms with E-state index in [-0.39, 0.29) is 5.92 Å². The van der Waals surface area contributed by atoms with Gasteiger partial charge in [0.25, 0.3) is 0 Å². The number of hydrogen-bond donors (Lipinski definition) is 1. The Kier molecular flexibility index (Phi) is 4.82. The summed E-state index contributed by atoms with van der Waals surface area (Å²) in [6.45, 7) is 1.92. The van der Waals surface area contributed by atoms with Crippen molar-refractivity contribution in [3.8, 4) is 0 Å². The minimum atomic E-state index is -0.688. The Balaban J connectivity index is 2.52. The van der Waals surface area contributed by atoms with E-state index in [2.05, 4.69) is 15.9 Å². The summed E-state index contributed by atoms with van der Waals surface area (Å²) in [7, 11) is 0. The van der Waals surface area contributed by atoms with Crippen LogP contribution in [0, 0.1) is 5.92 Å². The van der Waals surface area contributed by atoms with Crippen LogP contribution in [0.15, 0.2) is 28.7 Å². The molecule has 1 atom stereocenters. The summed E-state index contributed by atoms with van der Waals surface area (Å²) >= 11 is 3.40. The first kappa shape index (κ1) is 12.2. The lowest BCUT2D eigenvalue weighted by atomic mass is 9.97. The van der Waals surface area contributed by atoms with Crippen LogP contribution in [0.3, 0.4) is 0 Å². The Hall–Kier alpha value is -0.830. The molecule has 0 aromatic heterocycles. The SMILES string of the molecule is CCC(CCc1cccc(Br)c1)C(=O)O. The monoisotopic (exact) mass is 270 g/mol. The zero-order valence-corrected chi connectivity index (χ0v) is 10.3. The molecular weight excluding hydrogens is 256 g/mol. The lowest BCUT2D eigenvalue weighted by molar-refractivity contribution is -0.142. The van der Waals surface area contributed by atoms with E-state index in [9.17, 15) is 4.79 Å². The Morgan fingerprint density at radius 2 is 2.27 bits per heavy atom. The highest BCUT2D eigenvalue weighted by atomic mass is 79.9. The number of carbonyl (C=O) groups is 1. The fourth-order valence-corrected chi connectivity index (χ4v) is 1.98. The molecule has 1 aromatic rings. The first-order valence-corrected chi connectivity index (χ1v) is 5.90. The van der Waals surface area contributed by atoms with Gasteiger partial charge in [0.15, 0.2) is 0 Å². The standard InChI is InChI=1S/C12H15BrO2/c1-2-10(12(14)15)7-6-9-4-3-5-11(13)8-9/h3-5,8,10H,2,6-7H2,1H3,(H,14,15). The maximum atomic E-state index is 10.8. The lowest BCUT2D eigenvalue weighted by Crippen LogP contribution is -2.13. The van der Waals surface area contributed by atoms with Crippen molar-refractivity contribution in [1.29, 1.82) is 0 Å². The maximum Gasteiger partial charge on any atom is 0.306 e. The fraction of sp³-hybridized carbons (Fsp3) is 0.417. The van der Waals surface area contributed by atoms with Gasteiger partial charge in [-0.2, -0.15) is 0 Å². The molecule has 1 N–H and O–H groups in total. The Bertz CT molecular complexity index is 336. The minimum Gasteiger partial charge on any atom is -0.481 e. The molecule has 0 fully saturated rings. The van der Waals surface area contributed by atoms with Crippen LogP contribution in [-0.4, -0.2) is 11.1 Å². The number of benzene rings is 1. The largest absolute Gasteiger partial charge is 0.481 e. The summed E-state index contributed by atoms with van der Waals surface area (Å²) < 4.78 is 1.04. The Labute approximate surface area is 98.4 Å². The van der Waals surface area contributed by atoms with Crippen molar-refractivity contribution >= 4 is 21.9 Å². The van der Waals surface area contributed by atoms with Crippen LogP contribution in [0.1, 0.15) is 25.3 Å². The van der Waals surface area contributed by atoms with E-state index in [0.717, 1.165) is 10.9 Å². The van der Waals surface area contributed by atoms with Crippen LogP contribution in [0.5, 0.6) is 0 Å². The van der Waals surface area contributed by atoms with Crippen molar-refractivity contribution in [3.63, 3.8) is 0 Å². The summed E-state index contributed by atoms with van der Waals surface area (Å²) in [4.78, 5) is 10.8. The van der Waals surface area contributed by atoms with Gasteiger partial charge in [0.05, 0.1) is 5.92 Å². The van der Waals surface area contributed by atoms with Gasteiger partial charge >= 0.3 is 5.97 Å². The molecule has 2 nitrogen and oxygen atoms in total. The van der Waals surface area contributed by atoms with E-state index >= 15 is 0 Å². The zero-order valence-electron chi connectivity index (χ0n) is 8.74. The smallest absolute Gasteiger partial charge is 0.306 e. The number of halogens is 1. The van der Waals surface area contributed by atoms with Gasteiger partial charge in [0, 0.05) is 4.47 Å². The van der Waals surface area contributed by atoms with Gasteiger partial charge in [-0.3, -0.25) is 4.79 Å². The Morgan fingerprint density at radius 3 is 2.80 bits per heavy atom. The highest BCUT2D eigenvalue weighted by molar-refractivity contribution is 9.10. The van der Waals surface area contributed by atoms with Crippen molar-refractivity contribution in [2.24, 2.45) is 5.92 Å². The summed E-state index contributed by atoms with van der Waals surface area (Å²) in [5, 5.41) is 8.90. The van der Waals surface area contributed by atoms with Crippen LogP contribution in [-0.2, 0) is 11.2 Å². The summed E-state index contributed by atoms with van der Waals surface area (Å²) in [6.07, 6.45) is 2.23. The number of rotatable bonds is 5. The van der Waals surface area contributed by atoms with Crippen molar-refractivity contribution in [1.82, 2.24) is 0 Å². The van der Waals surface area contributed by atoms with Gasteiger partial charge in [-0.05, 0) is 37.0 Å². The predicted octanol–water partition coefficient (Wildman–Crippen LogP) is 3.49. The number of carboxylic acid groups (broad SMARTS) is 1. The second kappa shape index (κ2) is 5.91. The normalized spacial score (nSPS) is 12.4. The van der Waals surface area contributed by atoms with E-state index in [4.69, 9.17) is 5.11 Å². The molecule has 3 heteroatoms. The third-order valence-corrected chi connectivity index (χ3v) is 3.01. The molecule has 1 unspecified atom stereocenters. The van der Waals surface area contributed by atoms with Crippen molar-refractivity contribution in [2.75, 3.05) is 0 Å². The third kappa shape index (κ3) is 4.04. The van der Waals surface area contributed by atoms with Gasteiger partial charge in [-0.1, -0.05) is 35.0 Å². The van der Waals surface area contributed by atoms with Crippen molar-refractivity contribution < 1.29 is 9.90 Å². The minimum absolute atomic E-state index is 0.219. The first-order chi connectivity index (χ1) is 7.13. The number of hydrogen-bond acceptors (Lipinski definition) is 1. The molecule has 15 heavy (non-hydrogen) atoms. The molecule has 1 rings (SSSR count). The molecule has 0 amide bonds. The lowest BCUT2D eigenvalue weighted by Gasteiger charge is -2.09.